The molecule has 5 heteroatoms. The molecule has 0 aliphatic carbocycles. The maximum absolute atomic E-state index is 10.6. The van der Waals surface area contributed by atoms with Gasteiger partial charge < -0.3 is 14.8 Å². The van der Waals surface area contributed by atoms with E-state index in [1.165, 1.54) is 0 Å². The van der Waals surface area contributed by atoms with E-state index in [1.807, 2.05) is 32.0 Å². The molecular formula is C12H14N2O3. The number of carboxylic acids is 1. The van der Waals surface area contributed by atoms with Gasteiger partial charge in [-0.15, -0.1) is 0 Å². The molecular weight excluding hydrogens is 220 g/mol. The number of benzene rings is 1. The second-order valence-electron chi connectivity index (χ2n) is 4.10. The van der Waals surface area contributed by atoms with Crippen LogP contribution in [-0.4, -0.2) is 27.1 Å². The highest BCUT2D eigenvalue weighted by Gasteiger charge is 2.08. The number of hydrogen-bond donors (Lipinski definition) is 2. The van der Waals surface area contributed by atoms with Crippen molar-refractivity contribution in [3.8, 4) is 5.75 Å². The molecule has 0 saturated heterocycles. The zero-order valence-electron chi connectivity index (χ0n) is 9.73. The van der Waals surface area contributed by atoms with E-state index in [-0.39, 0.29) is 12.5 Å². The van der Waals surface area contributed by atoms with Crippen LogP contribution in [0.2, 0.25) is 0 Å². The Bertz CT molecular complexity index is 546. The van der Waals surface area contributed by atoms with Crippen molar-refractivity contribution in [2.75, 3.05) is 0 Å². The van der Waals surface area contributed by atoms with Crippen LogP contribution < -0.4 is 4.74 Å². The van der Waals surface area contributed by atoms with Crippen LogP contribution in [0.4, 0.5) is 0 Å². The lowest BCUT2D eigenvalue weighted by atomic mass is 10.3. The van der Waals surface area contributed by atoms with Crippen LogP contribution in [0.25, 0.3) is 11.0 Å². The molecule has 0 fully saturated rings. The minimum atomic E-state index is -0.900. The average Bonchev–Trinajstić information content (AvgIpc) is 2.56. The Kier molecular flexibility index (Phi) is 2.99. The van der Waals surface area contributed by atoms with Gasteiger partial charge in [-0.1, -0.05) is 0 Å². The SMILES string of the molecule is CC(C)Oc1ccc2nc(CC(=O)O)[nH]c2c1. The van der Waals surface area contributed by atoms with Crippen LogP contribution >= 0.6 is 0 Å². The van der Waals surface area contributed by atoms with Gasteiger partial charge in [-0.05, 0) is 26.0 Å². The highest BCUT2D eigenvalue weighted by molar-refractivity contribution is 5.78. The summed E-state index contributed by atoms with van der Waals surface area (Å²) in [6.45, 7) is 3.90. The van der Waals surface area contributed by atoms with Crippen LogP contribution in [0.1, 0.15) is 19.7 Å². The van der Waals surface area contributed by atoms with Crippen LogP contribution in [0.15, 0.2) is 18.2 Å². The maximum atomic E-state index is 10.6. The molecule has 0 amide bonds. The van der Waals surface area contributed by atoms with E-state index in [4.69, 9.17) is 9.84 Å². The summed E-state index contributed by atoms with van der Waals surface area (Å²) in [5.74, 6) is 0.301. The van der Waals surface area contributed by atoms with Crippen LogP contribution in [0.3, 0.4) is 0 Å². The van der Waals surface area contributed by atoms with E-state index < -0.39 is 5.97 Å². The molecule has 17 heavy (non-hydrogen) atoms. The number of aliphatic carboxylic acids is 1. The van der Waals surface area contributed by atoms with Gasteiger partial charge in [0.05, 0.1) is 17.1 Å². The Morgan fingerprint density at radius 2 is 2.29 bits per heavy atom. The summed E-state index contributed by atoms with van der Waals surface area (Å²) >= 11 is 0. The summed E-state index contributed by atoms with van der Waals surface area (Å²) in [4.78, 5) is 17.7. The first kappa shape index (κ1) is 11.4. The molecule has 1 aromatic heterocycles. The minimum Gasteiger partial charge on any atom is -0.491 e. The first-order valence-corrected chi connectivity index (χ1v) is 5.41. The quantitative estimate of drug-likeness (QED) is 0.848. The zero-order chi connectivity index (χ0) is 12.4. The predicted octanol–water partition coefficient (Wildman–Crippen LogP) is 1.98. The van der Waals surface area contributed by atoms with Gasteiger partial charge in [-0.2, -0.15) is 0 Å². The molecule has 2 rings (SSSR count). The summed E-state index contributed by atoms with van der Waals surface area (Å²) in [5.41, 5.74) is 1.54. The second-order valence-corrected chi connectivity index (χ2v) is 4.10. The number of imidazole rings is 1. The van der Waals surface area contributed by atoms with Gasteiger partial charge in [-0.3, -0.25) is 4.79 Å². The predicted molar refractivity (Wildman–Crippen MR) is 63.2 cm³/mol. The van der Waals surface area contributed by atoms with Crippen molar-refractivity contribution in [2.45, 2.75) is 26.4 Å². The average molecular weight is 234 g/mol. The Morgan fingerprint density at radius 3 is 2.94 bits per heavy atom. The summed E-state index contributed by atoms with van der Waals surface area (Å²) in [6, 6.07) is 5.47. The lowest BCUT2D eigenvalue weighted by molar-refractivity contribution is -0.136. The second kappa shape index (κ2) is 4.45. The molecule has 0 unspecified atom stereocenters. The normalized spacial score (nSPS) is 11.0. The first-order valence-electron chi connectivity index (χ1n) is 5.41. The van der Waals surface area contributed by atoms with Crippen molar-refractivity contribution in [3.05, 3.63) is 24.0 Å². The highest BCUT2D eigenvalue weighted by atomic mass is 16.5. The number of carbonyl (C=O) groups is 1. The Morgan fingerprint density at radius 1 is 1.53 bits per heavy atom. The molecule has 0 radical (unpaired) electrons. The number of carboxylic acid groups (broad SMARTS) is 1. The van der Waals surface area contributed by atoms with Crippen molar-refractivity contribution >= 4 is 17.0 Å². The number of nitrogens with one attached hydrogen (secondary N) is 1. The molecule has 0 aliphatic rings. The monoisotopic (exact) mass is 234 g/mol. The fraction of sp³-hybridized carbons (Fsp3) is 0.333. The van der Waals surface area contributed by atoms with E-state index in [1.54, 1.807) is 0 Å². The molecule has 0 spiro atoms. The topological polar surface area (TPSA) is 75.2 Å². The smallest absolute Gasteiger partial charge is 0.311 e. The number of nitrogens with zero attached hydrogens (tertiary/aromatic N) is 1. The molecule has 1 heterocycles. The lowest BCUT2D eigenvalue weighted by Crippen LogP contribution is -2.05. The number of rotatable bonds is 4. The number of H-pyrrole nitrogens is 1. The van der Waals surface area contributed by atoms with E-state index in [0.717, 1.165) is 16.8 Å². The van der Waals surface area contributed by atoms with Gasteiger partial charge in [0.2, 0.25) is 0 Å². The largest absolute Gasteiger partial charge is 0.491 e. The van der Waals surface area contributed by atoms with Crippen LogP contribution in [0.5, 0.6) is 5.75 Å². The first-order chi connectivity index (χ1) is 8.04. The van der Waals surface area contributed by atoms with Crippen molar-refractivity contribution in [2.24, 2.45) is 0 Å². The van der Waals surface area contributed by atoms with Crippen molar-refractivity contribution in [1.82, 2.24) is 9.97 Å². The van der Waals surface area contributed by atoms with Crippen LogP contribution in [0, 0.1) is 0 Å². The van der Waals surface area contributed by atoms with E-state index in [9.17, 15) is 4.79 Å². The minimum absolute atomic E-state index is 0.102. The van der Waals surface area contributed by atoms with Gasteiger partial charge in [0, 0.05) is 6.07 Å². The van der Waals surface area contributed by atoms with Gasteiger partial charge in [0.1, 0.15) is 18.0 Å². The summed E-state index contributed by atoms with van der Waals surface area (Å²) in [6.07, 6.45) is 0.00330. The third kappa shape index (κ3) is 2.75. The Labute approximate surface area is 98.4 Å². The Hall–Kier alpha value is -2.04. The third-order valence-corrected chi connectivity index (χ3v) is 2.19. The molecule has 90 valence electrons. The van der Waals surface area contributed by atoms with Gasteiger partial charge in [0.25, 0.3) is 0 Å². The van der Waals surface area contributed by atoms with Crippen molar-refractivity contribution in [1.29, 1.82) is 0 Å². The Balaban J connectivity index is 2.30. The van der Waals surface area contributed by atoms with Gasteiger partial charge in [0.15, 0.2) is 0 Å². The molecule has 0 bridgehead atoms. The number of aromatic amines is 1. The van der Waals surface area contributed by atoms with E-state index >= 15 is 0 Å². The summed E-state index contributed by atoms with van der Waals surface area (Å²) in [7, 11) is 0. The zero-order valence-corrected chi connectivity index (χ0v) is 9.73. The number of fused-ring (bicyclic) bond motifs is 1. The maximum Gasteiger partial charge on any atom is 0.311 e. The number of hydrogen-bond acceptors (Lipinski definition) is 3. The van der Waals surface area contributed by atoms with Gasteiger partial charge in [-0.25, -0.2) is 4.98 Å². The van der Waals surface area contributed by atoms with E-state index in [0.29, 0.717) is 5.82 Å². The molecule has 2 N–H and O–H groups in total. The molecule has 0 aliphatic heterocycles. The fourth-order valence-electron chi connectivity index (χ4n) is 1.61. The summed E-state index contributed by atoms with van der Waals surface area (Å²) in [5, 5.41) is 8.68. The highest BCUT2D eigenvalue weighted by Crippen LogP contribution is 2.20. The number of ether oxygens (including phenoxy) is 1. The molecule has 2 aromatic rings. The lowest BCUT2D eigenvalue weighted by Gasteiger charge is -2.08. The summed E-state index contributed by atoms with van der Waals surface area (Å²) < 4.78 is 5.55. The van der Waals surface area contributed by atoms with Crippen molar-refractivity contribution < 1.29 is 14.6 Å². The van der Waals surface area contributed by atoms with E-state index in [2.05, 4.69) is 9.97 Å². The third-order valence-electron chi connectivity index (χ3n) is 2.19. The van der Waals surface area contributed by atoms with Gasteiger partial charge >= 0.3 is 5.97 Å². The molecule has 0 saturated carbocycles. The molecule has 0 atom stereocenters. The fourth-order valence-corrected chi connectivity index (χ4v) is 1.61. The van der Waals surface area contributed by atoms with Crippen molar-refractivity contribution in [3.63, 3.8) is 0 Å². The molecule has 1 aromatic carbocycles. The molecule has 5 nitrogen and oxygen atoms in total. The standard InChI is InChI=1S/C12H14N2O3/c1-7(2)17-8-3-4-9-10(5-8)14-11(13-9)6-12(15)16/h3-5,7H,6H2,1-2H3,(H,13,14)(H,15,16). The van der Waals surface area contributed by atoms with Crippen LogP contribution in [-0.2, 0) is 11.2 Å². The number of aromatic nitrogens is 2.